The van der Waals surface area contributed by atoms with Crippen LogP contribution in [0.25, 0.3) is 71.6 Å². The van der Waals surface area contributed by atoms with E-state index in [1.807, 2.05) is 0 Å². The van der Waals surface area contributed by atoms with Crippen molar-refractivity contribution in [2.24, 2.45) is 0 Å². The zero-order chi connectivity index (χ0) is 35.8. The minimum absolute atomic E-state index is 1.11. The fourth-order valence-corrected chi connectivity index (χ4v) is 8.03. The van der Waals surface area contributed by atoms with Crippen molar-refractivity contribution in [1.29, 1.82) is 0 Å². The Hall–Kier alpha value is -7.16. The number of nitrogens with zero attached hydrogens (tertiary/aromatic N) is 2. The first-order chi connectivity index (χ1) is 26.8. The van der Waals surface area contributed by atoms with Crippen LogP contribution in [0.3, 0.4) is 0 Å². The third kappa shape index (κ3) is 5.53. The molecule has 2 heteroatoms. The Morgan fingerprint density at radius 1 is 0.296 bits per heavy atom. The molecule has 2 nitrogen and oxygen atoms in total. The second-order valence-corrected chi connectivity index (χ2v) is 13.8. The van der Waals surface area contributed by atoms with Crippen molar-refractivity contribution < 1.29 is 0 Å². The molecule has 1 aromatic heterocycles. The van der Waals surface area contributed by atoms with Gasteiger partial charge < -0.3 is 9.47 Å². The SMILES string of the molecule is c1ccc(-c2ccc(-c3ccc(N(c4ccccc4)c4cccc5c(-c6ccc7c(c6)c6ccccc6n7-c6ccccc6)cccc45)cc3)cc2)cc1. The number of hydrogen-bond donors (Lipinski definition) is 0. The molecule has 54 heavy (non-hydrogen) atoms. The fraction of sp³-hybridized carbons (Fsp3) is 0. The van der Waals surface area contributed by atoms with Crippen LogP contribution in [0.1, 0.15) is 0 Å². The zero-order valence-corrected chi connectivity index (χ0v) is 29.7. The molecule has 0 unspecified atom stereocenters. The van der Waals surface area contributed by atoms with Crippen LogP contribution in [0.4, 0.5) is 17.1 Å². The molecule has 0 saturated carbocycles. The normalized spacial score (nSPS) is 11.3. The predicted octanol–water partition coefficient (Wildman–Crippen LogP) is 14.4. The van der Waals surface area contributed by atoms with E-state index < -0.39 is 0 Å². The molecule has 1 heterocycles. The minimum atomic E-state index is 1.11. The first kappa shape index (κ1) is 31.6. The largest absolute Gasteiger partial charge is 0.310 e. The lowest BCUT2D eigenvalue weighted by Crippen LogP contribution is -2.10. The Balaban J connectivity index is 1.07. The van der Waals surface area contributed by atoms with Gasteiger partial charge in [-0.05, 0) is 99.4 Å². The van der Waals surface area contributed by atoms with Crippen LogP contribution in [-0.4, -0.2) is 4.57 Å². The molecule has 0 N–H and O–H groups in total. The highest BCUT2D eigenvalue weighted by Gasteiger charge is 2.18. The molecule has 0 aliphatic rings. The van der Waals surface area contributed by atoms with Crippen LogP contribution >= 0.6 is 0 Å². The second-order valence-electron chi connectivity index (χ2n) is 13.8. The van der Waals surface area contributed by atoms with E-state index in [4.69, 9.17) is 0 Å². The van der Waals surface area contributed by atoms with E-state index in [0.29, 0.717) is 0 Å². The van der Waals surface area contributed by atoms with Gasteiger partial charge in [0.1, 0.15) is 0 Å². The summed E-state index contributed by atoms with van der Waals surface area (Å²) in [4.78, 5) is 2.38. The number of benzene rings is 9. The number of para-hydroxylation sites is 3. The van der Waals surface area contributed by atoms with E-state index in [9.17, 15) is 0 Å². The zero-order valence-electron chi connectivity index (χ0n) is 29.7. The summed E-state index contributed by atoms with van der Waals surface area (Å²) in [5, 5.41) is 4.93. The maximum absolute atomic E-state index is 2.38. The van der Waals surface area contributed by atoms with Gasteiger partial charge in [0.05, 0.1) is 16.7 Å². The van der Waals surface area contributed by atoms with Gasteiger partial charge in [-0.2, -0.15) is 0 Å². The van der Waals surface area contributed by atoms with Crippen molar-refractivity contribution in [1.82, 2.24) is 4.57 Å². The molecule has 10 aromatic rings. The predicted molar refractivity (Wildman–Crippen MR) is 229 cm³/mol. The molecule has 0 amide bonds. The maximum atomic E-state index is 2.38. The van der Waals surface area contributed by atoms with E-state index in [2.05, 4.69) is 228 Å². The van der Waals surface area contributed by atoms with Crippen LogP contribution in [0.15, 0.2) is 218 Å². The van der Waals surface area contributed by atoms with E-state index in [1.54, 1.807) is 0 Å². The molecular formula is C52H36N2. The van der Waals surface area contributed by atoms with Gasteiger partial charge in [0, 0.05) is 33.2 Å². The number of anilines is 3. The molecular weight excluding hydrogens is 653 g/mol. The monoisotopic (exact) mass is 688 g/mol. The highest BCUT2D eigenvalue weighted by Crippen LogP contribution is 2.43. The molecule has 254 valence electrons. The summed E-state index contributed by atoms with van der Waals surface area (Å²) >= 11 is 0. The van der Waals surface area contributed by atoms with Crippen LogP contribution in [0, 0.1) is 0 Å². The summed E-state index contributed by atoms with van der Waals surface area (Å²) in [6.45, 7) is 0. The number of rotatable bonds is 7. The second kappa shape index (κ2) is 13.4. The minimum Gasteiger partial charge on any atom is -0.310 e. The summed E-state index contributed by atoms with van der Waals surface area (Å²) in [6, 6.07) is 78.8. The van der Waals surface area contributed by atoms with Gasteiger partial charge in [-0.1, -0.05) is 158 Å². The average Bonchev–Trinajstić information content (AvgIpc) is 3.59. The summed E-state index contributed by atoms with van der Waals surface area (Å²) in [6.07, 6.45) is 0. The Labute approximate surface area is 315 Å². The summed E-state index contributed by atoms with van der Waals surface area (Å²) < 4.78 is 2.37. The molecule has 9 aromatic carbocycles. The lowest BCUT2D eigenvalue weighted by molar-refractivity contribution is 1.18. The summed E-state index contributed by atoms with van der Waals surface area (Å²) in [7, 11) is 0. The van der Waals surface area contributed by atoms with E-state index >= 15 is 0 Å². The van der Waals surface area contributed by atoms with Crippen molar-refractivity contribution in [2.75, 3.05) is 4.90 Å². The number of aromatic nitrogens is 1. The maximum Gasteiger partial charge on any atom is 0.0541 e. The van der Waals surface area contributed by atoms with Gasteiger partial charge in [-0.25, -0.2) is 0 Å². The van der Waals surface area contributed by atoms with E-state index in [-0.39, 0.29) is 0 Å². The Kier molecular flexibility index (Phi) is 7.85. The molecule has 0 fully saturated rings. The summed E-state index contributed by atoms with van der Waals surface area (Å²) in [5.41, 5.74) is 14.2. The Bertz CT molecular complexity index is 2890. The first-order valence-electron chi connectivity index (χ1n) is 18.5. The topological polar surface area (TPSA) is 8.17 Å². The molecule has 0 saturated heterocycles. The van der Waals surface area contributed by atoms with E-state index in [1.165, 1.54) is 71.6 Å². The van der Waals surface area contributed by atoms with Crippen LogP contribution in [-0.2, 0) is 0 Å². The highest BCUT2D eigenvalue weighted by atomic mass is 15.1. The lowest BCUT2D eigenvalue weighted by Gasteiger charge is -2.27. The van der Waals surface area contributed by atoms with Crippen molar-refractivity contribution >= 4 is 49.6 Å². The van der Waals surface area contributed by atoms with E-state index in [0.717, 1.165) is 17.1 Å². The average molecular weight is 689 g/mol. The number of hydrogen-bond acceptors (Lipinski definition) is 1. The Morgan fingerprint density at radius 3 is 1.52 bits per heavy atom. The van der Waals surface area contributed by atoms with Gasteiger partial charge in [0.25, 0.3) is 0 Å². The van der Waals surface area contributed by atoms with Gasteiger partial charge >= 0.3 is 0 Å². The quantitative estimate of drug-likeness (QED) is 0.162. The molecule has 0 aliphatic heterocycles. The van der Waals surface area contributed by atoms with Crippen molar-refractivity contribution in [3.63, 3.8) is 0 Å². The fourth-order valence-electron chi connectivity index (χ4n) is 8.03. The van der Waals surface area contributed by atoms with Crippen molar-refractivity contribution in [3.8, 4) is 39.1 Å². The number of fused-ring (bicyclic) bond motifs is 4. The third-order valence-corrected chi connectivity index (χ3v) is 10.6. The third-order valence-electron chi connectivity index (χ3n) is 10.6. The lowest BCUT2D eigenvalue weighted by atomic mass is 9.95. The molecule has 0 atom stereocenters. The molecule has 0 aliphatic carbocycles. The smallest absolute Gasteiger partial charge is 0.0541 e. The van der Waals surface area contributed by atoms with Gasteiger partial charge in [0.2, 0.25) is 0 Å². The first-order valence-corrected chi connectivity index (χ1v) is 18.5. The van der Waals surface area contributed by atoms with Gasteiger partial charge in [-0.3, -0.25) is 0 Å². The van der Waals surface area contributed by atoms with Crippen LogP contribution in [0.5, 0.6) is 0 Å². The molecule has 10 rings (SSSR count). The van der Waals surface area contributed by atoms with Gasteiger partial charge in [-0.15, -0.1) is 0 Å². The van der Waals surface area contributed by atoms with Crippen LogP contribution in [0.2, 0.25) is 0 Å². The van der Waals surface area contributed by atoms with Crippen LogP contribution < -0.4 is 4.90 Å². The van der Waals surface area contributed by atoms with Crippen molar-refractivity contribution in [2.45, 2.75) is 0 Å². The highest BCUT2D eigenvalue weighted by molar-refractivity contribution is 6.12. The Morgan fingerprint density at radius 2 is 0.796 bits per heavy atom. The van der Waals surface area contributed by atoms with Gasteiger partial charge in [0.15, 0.2) is 0 Å². The van der Waals surface area contributed by atoms with Crippen molar-refractivity contribution in [3.05, 3.63) is 218 Å². The molecule has 0 spiro atoms. The summed E-state index contributed by atoms with van der Waals surface area (Å²) in [5.74, 6) is 0. The molecule has 0 bridgehead atoms. The standard InChI is InChI=1S/C52H36N2/c1-4-14-37(15-5-1)38-26-28-39(29-27-38)40-30-33-44(34-31-40)53(42-16-6-2-7-17-42)50-25-13-22-46-45(21-12-23-47(46)50)41-32-35-52-49(36-41)48-20-10-11-24-51(48)54(52)43-18-8-3-9-19-43/h1-36H. The molecule has 0 radical (unpaired) electrons.